The number of hydrogen-bond donors (Lipinski definition) is 2. The molecule has 0 aliphatic rings. The molecule has 2 N–H and O–H groups in total. The van der Waals surface area contributed by atoms with Crippen LogP contribution in [0.25, 0.3) is 32.7 Å². The van der Waals surface area contributed by atoms with Gasteiger partial charge in [-0.1, -0.05) is 30.3 Å². The zero-order valence-electron chi connectivity index (χ0n) is 15.3. The molecule has 0 atom stereocenters. The highest BCUT2D eigenvalue weighted by atomic mass is 16.2. The summed E-state index contributed by atoms with van der Waals surface area (Å²) in [6, 6.07) is 14.2. The Balaban J connectivity index is 1.92. The van der Waals surface area contributed by atoms with Gasteiger partial charge in [-0.15, -0.1) is 0 Å². The second kappa shape index (κ2) is 7.03. The lowest BCUT2D eigenvalue weighted by molar-refractivity contribution is 0.252. The van der Waals surface area contributed by atoms with Gasteiger partial charge in [-0.3, -0.25) is 10.3 Å². The number of aromatic nitrogens is 2. The first-order valence-corrected chi connectivity index (χ1v) is 8.94. The van der Waals surface area contributed by atoms with E-state index in [0.29, 0.717) is 12.4 Å². The number of carbonyl (C=O) groups is 1. The van der Waals surface area contributed by atoms with Gasteiger partial charge in [0.05, 0.1) is 0 Å². The molecule has 2 aromatic carbocycles. The number of hydrogen-bond acceptors (Lipinski definition) is 3. The van der Waals surface area contributed by atoms with Crippen LogP contribution in [0.2, 0.25) is 0 Å². The first-order valence-electron chi connectivity index (χ1n) is 8.94. The van der Waals surface area contributed by atoms with Crippen molar-refractivity contribution < 1.29 is 4.79 Å². The summed E-state index contributed by atoms with van der Waals surface area (Å²) in [5.74, 6) is 0.530. The van der Waals surface area contributed by atoms with E-state index in [1.807, 2.05) is 43.7 Å². The second-order valence-electron chi connectivity index (χ2n) is 6.43. The third-order valence-corrected chi connectivity index (χ3v) is 4.67. The van der Waals surface area contributed by atoms with Crippen LogP contribution in [0.1, 0.15) is 12.5 Å². The molecule has 0 saturated heterocycles. The number of urea groups is 1. The maximum Gasteiger partial charge on any atom is 0.320 e. The second-order valence-corrected chi connectivity index (χ2v) is 6.43. The molecule has 5 heteroatoms. The van der Waals surface area contributed by atoms with Gasteiger partial charge in [-0.25, -0.2) is 9.78 Å². The van der Waals surface area contributed by atoms with E-state index in [4.69, 9.17) is 0 Å². The van der Waals surface area contributed by atoms with Crippen molar-refractivity contribution in [2.75, 3.05) is 11.9 Å². The lowest BCUT2D eigenvalue weighted by Crippen LogP contribution is -2.28. The van der Waals surface area contributed by atoms with Crippen LogP contribution >= 0.6 is 0 Å². The standard InChI is InChI=1S/C22H20N4O/c1-3-24-22(27)26-21-11-19-18(8-7-14(2)20(19)13-25-21)17-6-4-5-15-12-23-10-9-16(15)17/h4-13H,3H2,1-2H3,(H2,24,25,26,27). The molecule has 5 nitrogen and oxygen atoms in total. The molecule has 27 heavy (non-hydrogen) atoms. The van der Waals surface area contributed by atoms with Gasteiger partial charge in [0.1, 0.15) is 5.82 Å². The highest BCUT2D eigenvalue weighted by Crippen LogP contribution is 2.35. The Bertz CT molecular complexity index is 1150. The Morgan fingerprint density at radius 1 is 1.00 bits per heavy atom. The quantitative estimate of drug-likeness (QED) is 0.549. The van der Waals surface area contributed by atoms with Crippen LogP contribution in [0.4, 0.5) is 10.6 Å². The number of pyridine rings is 2. The molecular weight excluding hydrogens is 336 g/mol. The molecule has 2 heterocycles. The van der Waals surface area contributed by atoms with E-state index < -0.39 is 0 Å². The van der Waals surface area contributed by atoms with Gasteiger partial charge in [-0.05, 0) is 53.4 Å². The number of fused-ring (bicyclic) bond motifs is 2. The summed E-state index contributed by atoms with van der Waals surface area (Å²) < 4.78 is 0. The molecule has 0 aliphatic heterocycles. The molecule has 0 fully saturated rings. The fourth-order valence-electron chi connectivity index (χ4n) is 3.36. The first kappa shape index (κ1) is 17.0. The number of carbonyl (C=O) groups excluding carboxylic acids is 1. The number of benzene rings is 2. The summed E-state index contributed by atoms with van der Waals surface area (Å²) in [7, 11) is 0. The van der Waals surface area contributed by atoms with E-state index in [-0.39, 0.29) is 6.03 Å². The van der Waals surface area contributed by atoms with Crippen LogP contribution in [0.3, 0.4) is 0 Å². The molecule has 0 unspecified atom stereocenters. The summed E-state index contributed by atoms with van der Waals surface area (Å²) in [6.45, 7) is 4.51. The SMILES string of the molecule is CCNC(=O)Nc1cc2c(-c3cccc4cnccc34)ccc(C)c2cn1. The first-order chi connectivity index (χ1) is 13.2. The number of nitrogens with one attached hydrogen (secondary N) is 2. The summed E-state index contributed by atoms with van der Waals surface area (Å²) >= 11 is 0. The maximum absolute atomic E-state index is 11.9. The molecule has 0 radical (unpaired) electrons. The van der Waals surface area contributed by atoms with Crippen LogP contribution in [0.5, 0.6) is 0 Å². The molecule has 0 spiro atoms. The Kier molecular flexibility index (Phi) is 4.42. The number of anilines is 1. The lowest BCUT2D eigenvalue weighted by Gasteiger charge is -2.13. The van der Waals surface area contributed by atoms with Crippen LogP contribution < -0.4 is 10.6 Å². The minimum atomic E-state index is -0.255. The third kappa shape index (κ3) is 3.19. The van der Waals surface area contributed by atoms with Gasteiger partial charge in [0.25, 0.3) is 0 Å². The van der Waals surface area contributed by atoms with Crippen molar-refractivity contribution in [2.24, 2.45) is 0 Å². The smallest absolute Gasteiger partial charge is 0.320 e. The molecule has 0 saturated carbocycles. The highest BCUT2D eigenvalue weighted by Gasteiger charge is 2.11. The molecule has 4 rings (SSSR count). The third-order valence-electron chi connectivity index (χ3n) is 4.67. The molecular formula is C22H20N4O. The molecule has 2 amide bonds. The van der Waals surface area contributed by atoms with E-state index in [9.17, 15) is 4.79 Å². The molecule has 0 bridgehead atoms. The van der Waals surface area contributed by atoms with Crippen LogP contribution in [-0.4, -0.2) is 22.5 Å². The Morgan fingerprint density at radius 3 is 2.70 bits per heavy atom. The largest absolute Gasteiger partial charge is 0.338 e. The van der Waals surface area contributed by atoms with E-state index in [1.165, 1.54) is 0 Å². The summed E-state index contributed by atoms with van der Waals surface area (Å²) in [5, 5.41) is 9.89. The van der Waals surface area contributed by atoms with Crippen LogP contribution in [-0.2, 0) is 0 Å². The summed E-state index contributed by atoms with van der Waals surface area (Å²) in [4.78, 5) is 20.5. The van der Waals surface area contributed by atoms with E-state index in [1.54, 1.807) is 0 Å². The van der Waals surface area contributed by atoms with Gasteiger partial charge >= 0.3 is 6.03 Å². The minimum Gasteiger partial charge on any atom is -0.338 e. The molecule has 4 aromatic rings. The Labute approximate surface area is 157 Å². The van der Waals surface area contributed by atoms with E-state index >= 15 is 0 Å². The zero-order valence-corrected chi connectivity index (χ0v) is 15.3. The average Bonchev–Trinajstić information content (AvgIpc) is 2.68. The summed E-state index contributed by atoms with van der Waals surface area (Å²) in [6.07, 6.45) is 5.51. The fraction of sp³-hybridized carbons (Fsp3) is 0.136. The van der Waals surface area contributed by atoms with Gasteiger partial charge in [0, 0.05) is 35.9 Å². The van der Waals surface area contributed by atoms with Crippen molar-refractivity contribution in [3.63, 3.8) is 0 Å². The van der Waals surface area contributed by atoms with Crippen LogP contribution in [0, 0.1) is 6.92 Å². The van der Waals surface area contributed by atoms with Gasteiger partial charge < -0.3 is 5.32 Å². The Hall–Kier alpha value is -3.47. The predicted molar refractivity (Wildman–Crippen MR) is 110 cm³/mol. The van der Waals surface area contributed by atoms with Gasteiger partial charge in [0.15, 0.2) is 0 Å². The lowest BCUT2D eigenvalue weighted by atomic mass is 9.93. The molecule has 2 aromatic heterocycles. The van der Waals surface area contributed by atoms with Crippen molar-refractivity contribution in [3.05, 3.63) is 66.6 Å². The average molecular weight is 356 g/mol. The molecule has 134 valence electrons. The van der Waals surface area contributed by atoms with E-state index in [0.717, 1.165) is 38.2 Å². The Morgan fingerprint density at radius 2 is 1.85 bits per heavy atom. The normalized spacial score (nSPS) is 10.9. The van der Waals surface area contributed by atoms with Crippen molar-refractivity contribution in [3.8, 4) is 11.1 Å². The number of aryl methyl sites for hydroxylation is 1. The number of nitrogens with zero attached hydrogens (tertiary/aromatic N) is 2. The van der Waals surface area contributed by atoms with Gasteiger partial charge in [-0.2, -0.15) is 0 Å². The monoisotopic (exact) mass is 356 g/mol. The van der Waals surface area contributed by atoms with Gasteiger partial charge in [0.2, 0.25) is 0 Å². The molecule has 0 aliphatic carbocycles. The van der Waals surface area contributed by atoms with Crippen molar-refractivity contribution in [1.29, 1.82) is 0 Å². The van der Waals surface area contributed by atoms with Crippen molar-refractivity contribution in [2.45, 2.75) is 13.8 Å². The maximum atomic E-state index is 11.9. The minimum absolute atomic E-state index is 0.255. The van der Waals surface area contributed by atoms with Crippen LogP contribution in [0.15, 0.2) is 61.1 Å². The topological polar surface area (TPSA) is 66.9 Å². The van der Waals surface area contributed by atoms with E-state index in [2.05, 4.69) is 51.8 Å². The zero-order chi connectivity index (χ0) is 18.8. The van der Waals surface area contributed by atoms with Crippen molar-refractivity contribution in [1.82, 2.24) is 15.3 Å². The predicted octanol–water partition coefficient (Wildman–Crippen LogP) is 4.90. The highest BCUT2D eigenvalue weighted by molar-refractivity contribution is 6.06. The number of rotatable bonds is 3. The summed E-state index contributed by atoms with van der Waals surface area (Å²) in [5.41, 5.74) is 3.39. The number of amides is 2. The fourth-order valence-corrected chi connectivity index (χ4v) is 3.36. The van der Waals surface area contributed by atoms with Crippen molar-refractivity contribution >= 4 is 33.4 Å².